The maximum Gasteiger partial charge on any atom is 0.310 e. The van der Waals surface area contributed by atoms with Gasteiger partial charge < -0.3 is 4.74 Å². The van der Waals surface area contributed by atoms with Crippen molar-refractivity contribution < 1.29 is 14.3 Å². The van der Waals surface area contributed by atoms with Crippen LogP contribution < -0.4 is 0 Å². The maximum atomic E-state index is 12.1. The molecule has 1 heterocycles. The number of allylic oxidation sites excluding steroid dienone is 2. The van der Waals surface area contributed by atoms with Crippen molar-refractivity contribution in [3.63, 3.8) is 0 Å². The molecule has 5 aliphatic rings. The lowest BCUT2D eigenvalue weighted by Gasteiger charge is -2.60. The first-order valence-corrected chi connectivity index (χ1v) is 9.66. The zero-order valence-electron chi connectivity index (χ0n) is 14.5. The predicted octanol–water partition coefficient (Wildman–Crippen LogP) is 4.12. The standard InChI is InChI=1S/C21H26O3/c1-20-8-6-15(22)11-14(20)3-4-16-17(20)7-9-21-12-13(2-5-18(16)21)10-19(23)24-21/h11-12,16-18H,2-10H2,1H3/t16?,17?,18?,20?,21-/m0/s1. The number of carbonyl (C=O) groups excluding carboxylic acids is 2. The molecule has 0 N–H and O–H groups in total. The van der Waals surface area contributed by atoms with Gasteiger partial charge in [-0.2, -0.15) is 0 Å². The van der Waals surface area contributed by atoms with E-state index in [2.05, 4.69) is 13.0 Å². The van der Waals surface area contributed by atoms with Gasteiger partial charge in [-0.1, -0.05) is 18.1 Å². The molecule has 3 nitrogen and oxygen atoms in total. The lowest BCUT2D eigenvalue weighted by Crippen LogP contribution is -2.57. The van der Waals surface area contributed by atoms with E-state index in [-0.39, 0.29) is 17.0 Å². The van der Waals surface area contributed by atoms with Crippen LogP contribution in [0.4, 0.5) is 0 Å². The quantitative estimate of drug-likeness (QED) is 0.497. The van der Waals surface area contributed by atoms with Crippen molar-refractivity contribution in [3.8, 4) is 0 Å². The first kappa shape index (κ1) is 14.9. The topological polar surface area (TPSA) is 43.4 Å². The summed E-state index contributed by atoms with van der Waals surface area (Å²) in [6.45, 7) is 2.40. The number of esters is 1. The van der Waals surface area contributed by atoms with Crippen molar-refractivity contribution in [1.82, 2.24) is 0 Å². The van der Waals surface area contributed by atoms with Crippen molar-refractivity contribution in [1.29, 1.82) is 0 Å². The molecule has 2 fully saturated rings. The fourth-order valence-electron chi connectivity index (χ4n) is 6.82. The van der Waals surface area contributed by atoms with Crippen molar-refractivity contribution in [3.05, 3.63) is 23.3 Å². The first-order chi connectivity index (χ1) is 11.5. The largest absolute Gasteiger partial charge is 0.454 e. The van der Waals surface area contributed by atoms with Gasteiger partial charge in [0.15, 0.2) is 5.78 Å². The van der Waals surface area contributed by atoms with Crippen LogP contribution in [0.5, 0.6) is 0 Å². The highest BCUT2D eigenvalue weighted by molar-refractivity contribution is 5.91. The third-order valence-electron chi connectivity index (χ3n) is 7.93. The first-order valence-electron chi connectivity index (χ1n) is 9.66. The molecule has 0 aromatic carbocycles. The second-order valence-electron chi connectivity index (χ2n) is 8.95. The lowest BCUT2D eigenvalue weighted by molar-refractivity contribution is -0.179. The predicted molar refractivity (Wildman–Crippen MR) is 90.1 cm³/mol. The van der Waals surface area contributed by atoms with E-state index in [1.807, 2.05) is 6.08 Å². The Hall–Kier alpha value is -1.38. The van der Waals surface area contributed by atoms with E-state index in [0.29, 0.717) is 36.4 Å². The number of ketones is 1. The summed E-state index contributed by atoms with van der Waals surface area (Å²) in [5, 5.41) is 0. The van der Waals surface area contributed by atoms with Crippen LogP contribution in [-0.2, 0) is 14.3 Å². The van der Waals surface area contributed by atoms with E-state index in [0.717, 1.165) is 38.5 Å². The van der Waals surface area contributed by atoms with Crippen molar-refractivity contribution >= 4 is 11.8 Å². The van der Waals surface area contributed by atoms with E-state index >= 15 is 0 Å². The van der Waals surface area contributed by atoms with Gasteiger partial charge in [-0.3, -0.25) is 9.59 Å². The Morgan fingerprint density at radius 3 is 2.79 bits per heavy atom. The SMILES string of the molecule is CC12CCC(=O)C=C1CCC1C2CC[C@]23C=C(CCC12)CC(=O)O3. The Morgan fingerprint density at radius 1 is 1.04 bits per heavy atom. The Labute approximate surface area is 143 Å². The zero-order chi connectivity index (χ0) is 16.5. The second kappa shape index (κ2) is 4.83. The van der Waals surface area contributed by atoms with Gasteiger partial charge in [-0.15, -0.1) is 0 Å². The molecule has 0 saturated heterocycles. The molecule has 0 radical (unpaired) electrons. The average molecular weight is 326 g/mol. The summed E-state index contributed by atoms with van der Waals surface area (Å²) in [6, 6.07) is 0. The molecular formula is C21H26O3. The van der Waals surface area contributed by atoms with Crippen molar-refractivity contribution in [2.24, 2.45) is 23.2 Å². The molecule has 4 unspecified atom stereocenters. The molecule has 2 bridgehead atoms. The minimum Gasteiger partial charge on any atom is -0.454 e. The summed E-state index contributed by atoms with van der Waals surface area (Å²) < 4.78 is 6.00. The monoisotopic (exact) mass is 326 g/mol. The molecule has 5 atom stereocenters. The van der Waals surface area contributed by atoms with Gasteiger partial charge in [0.1, 0.15) is 5.60 Å². The number of ether oxygens (including phenoxy) is 1. The smallest absolute Gasteiger partial charge is 0.310 e. The Balaban J connectivity index is 1.52. The van der Waals surface area contributed by atoms with Crippen molar-refractivity contribution in [2.45, 2.75) is 70.3 Å². The minimum atomic E-state index is -0.299. The summed E-state index contributed by atoms with van der Waals surface area (Å²) in [5.41, 5.74) is 2.61. The number of rotatable bonds is 0. The van der Waals surface area contributed by atoms with Crippen LogP contribution in [0, 0.1) is 23.2 Å². The molecular weight excluding hydrogens is 300 g/mol. The molecule has 5 rings (SSSR count). The normalized spacial score (nSPS) is 46.8. The molecule has 0 aromatic heterocycles. The third-order valence-corrected chi connectivity index (χ3v) is 7.93. The van der Waals surface area contributed by atoms with E-state index in [4.69, 9.17) is 4.74 Å². The fraction of sp³-hybridized carbons (Fsp3) is 0.714. The van der Waals surface area contributed by atoms with Gasteiger partial charge in [0.25, 0.3) is 0 Å². The third kappa shape index (κ3) is 1.90. The molecule has 0 amide bonds. The van der Waals surface area contributed by atoms with Crippen LogP contribution in [0.2, 0.25) is 0 Å². The Kier molecular flexibility index (Phi) is 3.00. The van der Waals surface area contributed by atoms with Crippen LogP contribution in [0.25, 0.3) is 0 Å². The summed E-state index contributed by atoms with van der Waals surface area (Å²) in [6.07, 6.45) is 13.1. The van der Waals surface area contributed by atoms with E-state index in [1.165, 1.54) is 17.6 Å². The number of hydrogen-bond donors (Lipinski definition) is 0. The molecule has 4 aliphatic carbocycles. The van der Waals surface area contributed by atoms with Crippen LogP contribution >= 0.6 is 0 Å². The lowest BCUT2D eigenvalue weighted by atomic mass is 9.47. The molecule has 1 aliphatic heterocycles. The highest BCUT2D eigenvalue weighted by atomic mass is 16.6. The van der Waals surface area contributed by atoms with Crippen LogP contribution in [0.1, 0.15) is 64.7 Å². The minimum absolute atomic E-state index is 0.0125. The van der Waals surface area contributed by atoms with Gasteiger partial charge >= 0.3 is 5.97 Å². The second-order valence-corrected chi connectivity index (χ2v) is 8.95. The molecule has 2 saturated carbocycles. The molecule has 3 heteroatoms. The maximum absolute atomic E-state index is 12.1. The van der Waals surface area contributed by atoms with E-state index < -0.39 is 0 Å². The van der Waals surface area contributed by atoms with Gasteiger partial charge in [-0.05, 0) is 74.3 Å². The average Bonchev–Trinajstić information content (AvgIpc) is 2.53. The van der Waals surface area contributed by atoms with Crippen molar-refractivity contribution in [2.75, 3.05) is 0 Å². The number of hydrogen-bond acceptors (Lipinski definition) is 3. The van der Waals surface area contributed by atoms with Crippen LogP contribution in [0.15, 0.2) is 23.3 Å². The van der Waals surface area contributed by atoms with Gasteiger partial charge in [0.2, 0.25) is 0 Å². The molecule has 24 heavy (non-hydrogen) atoms. The van der Waals surface area contributed by atoms with E-state index in [1.54, 1.807) is 0 Å². The summed E-state index contributed by atoms with van der Waals surface area (Å²) >= 11 is 0. The highest BCUT2D eigenvalue weighted by Gasteiger charge is 2.58. The van der Waals surface area contributed by atoms with Gasteiger partial charge in [0, 0.05) is 12.3 Å². The molecule has 128 valence electrons. The Bertz CT molecular complexity index is 687. The highest BCUT2D eigenvalue weighted by Crippen LogP contribution is 2.63. The Morgan fingerprint density at radius 2 is 1.92 bits per heavy atom. The van der Waals surface area contributed by atoms with Crippen LogP contribution in [-0.4, -0.2) is 17.4 Å². The summed E-state index contributed by atoms with van der Waals surface area (Å²) in [4.78, 5) is 24.0. The zero-order valence-corrected chi connectivity index (χ0v) is 14.5. The molecule has 1 spiro atoms. The summed E-state index contributed by atoms with van der Waals surface area (Å²) in [5.74, 6) is 2.08. The van der Waals surface area contributed by atoms with E-state index in [9.17, 15) is 9.59 Å². The van der Waals surface area contributed by atoms with Gasteiger partial charge in [-0.25, -0.2) is 0 Å². The fourth-order valence-corrected chi connectivity index (χ4v) is 6.82. The molecule has 0 aromatic rings. The summed E-state index contributed by atoms with van der Waals surface area (Å²) in [7, 11) is 0. The van der Waals surface area contributed by atoms with Crippen LogP contribution in [0.3, 0.4) is 0 Å². The number of carbonyl (C=O) groups is 2. The van der Waals surface area contributed by atoms with Gasteiger partial charge in [0.05, 0.1) is 6.42 Å². The number of fused-ring (bicyclic) bond motifs is 4.